The monoisotopic (exact) mass is 701 g/mol. The summed E-state index contributed by atoms with van der Waals surface area (Å²) in [7, 11) is 0.493. The Kier molecular flexibility index (Phi) is 10.4. The van der Waals surface area contributed by atoms with Crippen LogP contribution in [0.15, 0.2) is 36.4 Å². The van der Waals surface area contributed by atoms with Crippen LogP contribution in [0, 0.1) is 6.07 Å². The molecule has 0 spiro atoms. The largest absolute Gasteiger partial charge is 2.00 e. The number of imide groups is 1. The fourth-order valence-corrected chi connectivity index (χ4v) is 5.11. The molecular formula is C28H32BN3O6W. The zero-order valence-electron chi connectivity index (χ0n) is 22.4. The van der Waals surface area contributed by atoms with Gasteiger partial charge in [-0.15, -0.1) is 5.46 Å². The second-order valence-electron chi connectivity index (χ2n) is 10.2. The fourth-order valence-electron chi connectivity index (χ4n) is 5.11. The number of benzene rings is 2. The van der Waals surface area contributed by atoms with Crippen LogP contribution in [-0.4, -0.2) is 56.0 Å². The van der Waals surface area contributed by atoms with Gasteiger partial charge in [-0.2, -0.15) is 29.8 Å². The molecule has 2 aromatic rings. The van der Waals surface area contributed by atoms with E-state index in [0.717, 1.165) is 31.2 Å². The number of amides is 4. The third-order valence-electron chi connectivity index (χ3n) is 7.33. The van der Waals surface area contributed by atoms with Gasteiger partial charge < -0.3 is 24.7 Å². The molecule has 1 heterocycles. The van der Waals surface area contributed by atoms with Gasteiger partial charge in [-0.25, -0.2) is 0 Å². The Morgan fingerprint density at radius 1 is 1.18 bits per heavy atom. The van der Waals surface area contributed by atoms with Gasteiger partial charge in [0.1, 0.15) is 5.75 Å². The summed E-state index contributed by atoms with van der Waals surface area (Å²) in [5.74, 6) is -0.0614. The minimum Gasteiger partial charge on any atom is -0.707 e. The van der Waals surface area contributed by atoms with E-state index in [0.29, 0.717) is 28.8 Å². The molecule has 0 bridgehead atoms. The van der Waals surface area contributed by atoms with Crippen molar-refractivity contribution in [1.29, 1.82) is 0 Å². The van der Waals surface area contributed by atoms with Crippen molar-refractivity contribution in [2.45, 2.75) is 63.8 Å². The van der Waals surface area contributed by atoms with Crippen molar-refractivity contribution in [1.82, 2.24) is 15.4 Å². The van der Waals surface area contributed by atoms with Gasteiger partial charge in [-0.05, 0) is 44.4 Å². The third kappa shape index (κ3) is 6.91. The number of methoxy groups -OCH3 is 1. The second-order valence-corrected chi connectivity index (χ2v) is 10.2. The molecule has 0 aromatic heterocycles. The molecule has 2 aliphatic rings. The predicted molar refractivity (Wildman–Crippen MR) is 142 cm³/mol. The maximum Gasteiger partial charge on any atom is 2.00 e. The fraction of sp³-hybridized carbons (Fsp3) is 0.429. The molecule has 1 aliphatic carbocycles. The maximum absolute atomic E-state index is 13.2. The van der Waals surface area contributed by atoms with Crippen molar-refractivity contribution in [2.24, 2.45) is 0 Å². The molecule has 0 saturated heterocycles. The first-order chi connectivity index (χ1) is 18.2. The molecule has 0 atom stereocenters. The van der Waals surface area contributed by atoms with E-state index < -0.39 is 18.5 Å². The summed E-state index contributed by atoms with van der Waals surface area (Å²) in [6, 6.07) is 13.1. The summed E-state index contributed by atoms with van der Waals surface area (Å²) in [5.41, 5.74) is 1.55. The molecule has 1 saturated carbocycles. The van der Waals surface area contributed by atoms with Crippen LogP contribution in [-0.2, 0) is 47.1 Å². The van der Waals surface area contributed by atoms with E-state index in [4.69, 9.17) is 9.39 Å². The molecule has 0 unspecified atom stereocenters. The van der Waals surface area contributed by atoms with Crippen LogP contribution in [0.4, 0.5) is 4.79 Å². The van der Waals surface area contributed by atoms with Gasteiger partial charge in [0.25, 0.3) is 5.91 Å². The average molecular weight is 701 g/mol. The molecule has 9 nitrogen and oxygen atoms in total. The SMILES string of the molecule is COc1ccc2c(c1)C(=O)N(CCc1c[c-]c(B(NC(=O)NC3CCCCC3)O[C-]=O)cc1)C(=O)C2(C)C.[W+2]. The number of hydrogen-bond acceptors (Lipinski definition) is 6. The molecule has 1 aliphatic heterocycles. The van der Waals surface area contributed by atoms with Gasteiger partial charge in [0.2, 0.25) is 5.91 Å². The zero-order chi connectivity index (χ0) is 27.3. The van der Waals surface area contributed by atoms with Gasteiger partial charge in [0.15, 0.2) is 0 Å². The van der Waals surface area contributed by atoms with E-state index in [1.165, 1.54) is 24.9 Å². The second kappa shape index (κ2) is 13.3. The van der Waals surface area contributed by atoms with Crippen LogP contribution in [0.25, 0.3) is 0 Å². The summed E-state index contributed by atoms with van der Waals surface area (Å²) in [6.07, 6.45) is 5.59. The Morgan fingerprint density at radius 3 is 2.56 bits per heavy atom. The van der Waals surface area contributed by atoms with E-state index in [-0.39, 0.29) is 45.5 Å². The number of fused-ring (bicyclic) bond motifs is 1. The Labute approximate surface area is 243 Å². The summed E-state index contributed by atoms with van der Waals surface area (Å²) in [6.45, 7) is 5.20. The van der Waals surface area contributed by atoms with E-state index in [1.54, 1.807) is 36.4 Å². The van der Waals surface area contributed by atoms with E-state index in [9.17, 15) is 19.2 Å². The van der Waals surface area contributed by atoms with E-state index in [1.807, 2.05) is 13.8 Å². The third-order valence-corrected chi connectivity index (χ3v) is 7.33. The van der Waals surface area contributed by atoms with Crippen molar-refractivity contribution in [3.05, 3.63) is 59.2 Å². The number of urea groups is 1. The topological polar surface area (TPSA) is 114 Å². The predicted octanol–water partition coefficient (Wildman–Crippen LogP) is 2.41. The summed E-state index contributed by atoms with van der Waals surface area (Å²) < 4.78 is 10.2. The number of hydrogen-bond donors (Lipinski definition) is 2. The standard InChI is InChI=1S/C28H32BN3O6.W/c1-28(2)24-14-13-22(37-3)17-23(24)25(34)32(26(28)35)16-15-19-9-11-20(12-10-19)29(38-18-33)31-27(36)30-21-7-5-4-6-8-21;/h9-11,13-14,17,21H,4-8,15-16H2,1-3H3,(H2,30,31,36);/q-2;+2. The van der Waals surface area contributed by atoms with E-state index >= 15 is 0 Å². The molecule has 2 N–H and O–H groups in total. The molecule has 1 fully saturated rings. The van der Waals surface area contributed by atoms with Crippen LogP contribution in [0.5, 0.6) is 5.75 Å². The Hall–Kier alpha value is -3.13. The Morgan fingerprint density at radius 2 is 1.92 bits per heavy atom. The summed E-state index contributed by atoms with van der Waals surface area (Å²) >= 11 is 0. The number of nitrogens with zero attached hydrogens (tertiary/aromatic N) is 1. The van der Waals surface area contributed by atoms with Crippen molar-refractivity contribution in [2.75, 3.05) is 13.7 Å². The van der Waals surface area contributed by atoms with Crippen molar-refractivity contribution >= 4 is 36.8 Å². The van der Waals surface area contributed by atoms with Crippen LogP contribution < -0.4 is 20.7 Å². The van der Waals surface area contributed by atoms with Gasteiger partial charge in [0, 0.05) is 18.2 Å². The number of carbonyl (C=O) groups is 3. The van der Waals surface area contributed by atoms with Crippen molar-refractivity contribution in [3.63, 3.8) is 0 Å². The summed E-state index contributed by atoms with van der Waals surface area (Å²) in [5, 5.41) is 5.57. The number of rotatable bonds is 9. The zero-order valence-corrected chi connectivity index (χ0v) is 25.3. The van der Waals surface area contributed by atoms with Crippen molar-refractivity contribution < 1.29 is 49.6 Å². The van der Waals surface area contributed by atoms with E-state index in [2.05, 4.69) is 16.6 Å². The van der Waals surface area contributed by atoms with Crippen LogP contribution in [0.1, 0.15) is 67.4 Å². The first-order valence-electron chi connectivity index (χ1n) is 12.9. The van der Waals surface area contributed by atoms with Gasteiger partial charge in [0.05, 0.1) is 12.5 Å². The number of nitrogens with one attached hydrogen (secondary N) is 2. The minimum atomic E-state index is -1.04. The minimum absolute atomic E-state index is 0. The number of ether oxygens (including phenoxy) is 1. The van der Waals surface area contributed by atoms with Gasteiger partial charge >= 0.3 is 34.1 Å². The molecule has 4 amide bonds. The molecule has 2 aromatic carbocycles. The molecule has 39 heavy (non-hydrogen) atoms. The molecule has 204 valence electrons. The molecule has 0 radical (unpaired) electrons. The quantitative estimate of drug-likeness (QED) is 0.236. The average Bonchev–Trinajstić information content (AvgIpc) is 2.92. The first-order valence-corrected chi connectivity index (χ1v) is 12.9. The molecule has 4 rings (SSSR count). The Balaban J connectivity index is 0.00000420. The normalized spacial score (nSPS) is 16.4. The number of carbonyl (C=O) groups excluding carboxylic acids is 4. The van der Waals surface area contributed by atoms with Crippen LogP contribution in [0.3, 0.4) is 0 Å². The summed E-state index contributed by atoms with van der Waals surface area (Å²) in [4.78, 5) is 51.1. The maximum atomic E-state index is 13.2. The smallest absolute Gasteiger partial charge is 0.707 e. The van der Waals surface area contributed by atoms with Crippen LogP contribution in [0.2, 0.25) is 0 Å². The first kappa shape index (κ1) is 30.4. The van der Waals surface area contributed by atoms with Gasteiger partial charge in [-0.1, -0.05) is 38.2 Å². The molecular weight excluding hydrogens is 669 g/mol. The molecule has 11 heteroatoms. The van der Waals surface area contributed by atoms with Crippen molar-refractivity contribution in [3.8, 4) is 5.75 Å². The van der Waals surface area contributed by atoms with Gasteiger partial charge in [-0.3, -0.25) is 19.3 Å². The van der Waals surface area contributed by atoms with Crippen LogP contribution >= 0.6 is 0 Å². The Bertz CT molecular complexity index is 1200.